The molecule has 22 heavy (non-hydrogen) atoms. The zero-order valence-electron chi connectivity index (χ0n) is 12.8. The van der Waals surface area contributed by atoms with Gasteiger partial charge >= 0.3 is 0 Å². The van der Waals surface area contributed by atoms with Crippen LogP contribution < -0.4 is 5.32 Å². The second-order valence-electron chi connectivity index (χ2n) is 5.24. The molecule has 6 heteroatoms. The predicted molar refractivity (Wildman–Crippen MR) is 87.0 cm³/mol. The van der Waals surface area contributed by atoms with Gasteiger partial charge in [0.1, 0.15) is 0 Å². The first-order valence-electron chi connectivity index (χ1n) is 7.37. The Labute approximate surface area is 134 Å². The Balaban J connectivity index is 1.78. The number of amides is 3. The molecule has 0 saturated heterocycles. The molecule has 0 aliphatic carbocycles. The Kier molecular flexibility index (Phi) is 5.60. The van der Waals surface area contributed by atoms with Gasteiger partial charge in [-0.2, -0.15) is 11.8 Å². The Morgan fingerprint density at radius 3 is 2.36 bits per heavy atom. The van der Waals surface area contributed by atoms with E-state index in [1.807, 2.05) is 13.8 Å². The molecular weight excluding hydrogens is 300 g/mol. The second-order valence-corrected chi connectivity index (χ2v) is 6.34. The number of carbonyl (C=O) groups excluding carboxylic acids is 3. The van der Waals surface area contributed by atoms with Gasteiger partial charge in [-0.05, 0) is 25.5 Å². The minimum atomic E-state index is -0.245. The summed E-state index contributed by atoms with van der Waals surface area (Å²) in [5.41, 5.74) is 0.930. The van der Waals surface area contributed by atoms with Crippen LogP contribution in [0.3, 0.4) is 0 Å². The maximum absolute atomic E-state index is 12.1. The van der Waals surface area contributed by atoms with Crippen molar-refractivity contribution in [2.24, 2.45) is 0 Å². The quantitative estimate of drug-likeness (QED) is 0.616. The summed E-state index contributed by atoms with van der Waals surface area (Å²) in [7, 11) is 0. The molecule has 3 amide bonds. The number of carbonyl (C=O) groups is 3. The van der Waals surface area contributed by atoms with Gasteiger partial charge in [0, 0.05) is 18.3 Å². The van der Waals surface area contributed by atoms with E-state index in [4.69, 9.17) is 0 Å². The lowest BCUT2D eigenvalue weighted by Crippen LogP contribution is -2.34. The number of thioether (sulfide) groups is 1. The number of rotatable bonds is 7. The third kappa shape index (κ3) is 3.68. The van der Waals surface area contributed by atoms with Crippen LogP contribution in [0.15, 0.2) is 24.3 Å². The van der Waals surface area contributed by atoms with Crippen LogP contribution in [-0.2, 0) is 4.79 Å². The van der Waals surface area contributed by atoms with Crippen molar-refractivity contribution in [1.82, 2.24) is 10.2 Å². The van der Waals surface area contributed by atoms with Gasteiger partial charge in [-0.1, -0.05) is 19.1 Å². The van der Waals surface area contributed by atoms with Crippen molar-refractivity contribution in [3.05, 3.63) is 35.4 Å². The summed E-state index contributed by atoms with van der Waals surface area (Å²) in [6, 6.07) is 7.01. The number of hydrogen-bond acceptors (Lipinski definition) is 4. The van der Waals surface area contributed by atoms with Gasteiger partial charge < -0.3 is 5.32 Å². The van der Waals surface area contributed by atoms with E-state index in [1.165, 1.54) is 16.7 Å². The SMILES string of the molecule is CC[C@H](C)NC(=O)CSCCN1C(=O)c2ccccc2C1=O. The summed E-state index contributed by atoms with van der Waals surface area (Å²) in [4.78, 5) is 37.2. The van der Waals surface area contributed by atoms with Crippen LogP contribution >= 0.6 is 11.8 Å². The second kappa shape index (κ2) is 7.45. The zero-order valence-corrected chi connectivity index (χ0v) is 13.6. The maximum atomic E-state index is 12.1. The van der Waals surface area contributed by atoms with E-state index < -0.39 is 0 Å². The lowest BCUT2D eigenvalue weighted by Gasteiger charge is -2.14. The van der Waals surface area contributed by atoms with Gasteiger partial charge in [0.2, 0.25) is 5.91 Å². The largest absolute Gasteiger partial charge is 0.353 e. The number of nitrogens with zero attached hydrogens (tertiary/aromatic N) is 1. The molecule has 0 fully saturated rings. The van der Waals surface area contributed by atoms with Crippen molar-refractivity contribution < 1.29 is 14.4 Å². The molecule has 0 unspecified atom stereocenters. The van der Waals surface area contributed by atoms with Crippen molar-refractivity contribution in [2.75, 3.05) is 18.1 Å². The molecule has 0 aromatic heterocycles. The van der Waals surface area contributed by atoms with Crippen molar-refractivity contribution in [3.8, 4) is 0 Å². The summed E-state index contributed by atoms with van der Waals surface area (Å²) in [6.07, 6.45) is 0.894. The molecule has 0 saturated carbocycles. The van der Waals surface area contributed by atoms with Crippen LogP contribution in [0.25, 0.3) is 0 Å². The smallest absolute Gasteiger partial charge is 0.261 e. The summed E-state index contributed by atoms with van der Waals surface area (Å²) < 4.78 is 0. The number of nitrogens with one attached hydrogen (secondary N) is 1. The first-order valence-corrected chi connectivity index (χ1v) is 8.52. The first-order chi connectivity index (χ1) is 10.5. The molecule has 5 nitrogen and oxygen atoms in total. The molecule has 1 heterocycles. The normalized spacial score (nSPS) is 14.9. The van der Waals surface area contributed by atoms with E-state index >= 15 is 0 Å². The summed E-state index contributed by atoms with van der Waals surface area (Å²) >= 11 is 1.43. The third-order valence-corrected chi connectivity index (χ3v) is 4.53. The number of benzene rings is 1. The standard InChI is InChI=1S/C16H20N2O3S/c1-3-11(2)17-14(19)10-22-9-8-18-15(20)12-6-4-5-7-13(12)16(18)21/h4-7,11H,3,8-10H2,1-2H3,(H,17,19)/t11-/m0/s1. The molecule has 1 N–H and O–H groups in total. The molecular formula is C16H20N2O3S. The maximum Gasteiger partial charge on any atom is 0.261 e. The lowest BCUT2D eigenvalue weighted by molar-refractivity contribution is -0.119. The monoisotopic (exact) mass is 320 g/mol. The van der Waals surface area contributed by atoms with Gasteiger partial charge in [-0.3, -0.25) is 19.3 Å². The Morgan fingerprint density at radius 2 is 1.82 bits per heavy atom. The number of fused-ring (bicyclic) bond motifs is 1. The Bertz CT molecular complexity index is 554. The van der Waals surface area contributed by atoms with Gasteiger partial charge in [0.05, 0.1) is 16.9 Å². The Hall–Kier alpha value is -1.82. The average Bonchev–Trinajstić information content (AvgIpc) is 2.76. The van der Waals surface area contributed by atoms with Crippen molar-refractivity contribution in [1.29, 1.82) is 0 Å². The fraction of sp³-hybridized carbons (Fsp3) is 0.438. The lowest BCUT2D eigenvalue weighted by atomic mass is 10.1. The molecule has 1 aliphatic heterocycles. The molecule has 0 radical (unpaired) electrons. The highest BCUT2D eigenvalue weighted by Crippen LogP contribution is 2.22. The first kappa shape index (κ1) is 16.5. The fourth-order valence-corrected chi connectivity index (χ4v) is 2.91. The van der Waals surface area contributed by atoms with Crippen LogP contribution in [0, 0.1) is 0 Å². The molecule has 1 aromatic rings. The Morgan fingerprint density at radius 1 is 1.23 bits per heavy atom. The highest BCUT2D eigenvalue weighted by atomic mass is 32.2. The number of hydrogen-bond donors (Lipinski definition) is 1. The molecule has 118 valence electrons. The van der Waals surface area contributed by atoms with E-state index in [-0.39, 0.29) is 23.8 Å². The topological polar surface area (TPSA) is 66.5 Å². The van der Waals surface area contributed by atoms with Gasteiger partial charge in [0.15, 0.2) is 0 Å². The summed E-state index contributed by atoms with van der Waals surface area (Å²) in [5, 5.41) is 2.88. The van der Waals surface area contributed by atoms with Crippen molar-refractivity contribution in [3.63, 3.8) is 0 Å². The van der Waals surface area contributed by atoms with Crippen LogP contribution in [-0.4, -0.2) is 46.7 Å². The van der Waals surface area contributed by atoms with Crippen LogP contribution in [0.2, 0.25) is 0 Å². The van der Waals surface area contributed by atoms with Crippen molar-refractivity contribution >= 4 is 29.5 Å². The number of imide groups is 1. The van der Waals surface area contributed by atoms with E-state index in [9.17, 15) is 14.4 Å². The molecule has 1 aromatic carbocycles. The van der Waals surface area contributed by atoms with Crippen LogP contribution in [0.4, 0.5) is 0 Å². The van der Waals surface area contributed by atoms with Crippen LogP contribution in [0.1, 0.15) is 41.0 Å². The fourth-order valence-electron chi connectivity index (χ4n) is 2.18. The molecule has 1 aliphatic rings. The van der Waals surface area contributed by atoms with Crippen molar-refractivity contribution in [2.45, 2.75) is 26.3 Å². The summed E-state index contributed by atoms with van der Waals surface area (Å²) in [5.74, 6) is 0.393. The zero-order chi connectivity index (χ0) is 16.1. The van der Waals surface area contributed by atoms with Gasteiger partial charge in [-0.25, -0.2) is 0 Å². The predicted octanol–water partition coefficient (Wildman–Crippen LogP) is 1.93. The average molecular weight is 320 g/mol. The van der Waals surface area contributed by atoms with E-state index in [1.54, 1.807) is 24.3 Å². The molecule has 1 atom stereocenters. The minimum absolute atomic E-state index is 0.0123. The van der Waals surface area contributed by atoms with Crippen LogP contribution in [0.5, 0.6) is 0 Å². The molecule has 0 bridgehead atoms. The van der Waals surface area contributed by atoms with Gasteiger partial charge in [0.25, 0.3) is 11.8 Å². The minimum Gasteiger partial charge on any atom is -0.353 e. The molecule has 0 spiro atoms. The summed E-state index contributed by atoms with van der Waals surface area (Å²) in [6.45, 7) is 4.30. The van der Waals surface area contributed by atoms with Gasteiger partial charge in [-0.15, -0.1) is 0 Å². The van der Waals surface area contributed by atoms with E-state index in [0.717, 1.165) is 6.42 Å². The highest BCUT2D eigenvalue weighted by molar-refractivity contribution is 7.99. The van der Waals surface area contributed by atoms with E-state index in [2.05, 4.69) is 5.32 Å². The third-order valence-electron chi connectivity index (χ3n) is 3.59. The van der Waals surface area contributed by atoms with E-state index in [0.29, 0.717) is 29.2 Å². The highest BCUT2D eigenvalue weighted by Gasteiger charge is 2.34. The molecule has 2 rings (SSSR count).